The molecular formula is C12H16ClNO4. The topological polar surface area (TPSA) is 95.2 Å². The Morgan fingerprint density at radius 2 is 1.56 bits per heavy atom. The van der Waals surface area contributed by atoms with Gasteiger partial charge in [-0.2, -0.15) is 0 Å². The van der Waals surface area contributed by atoms with Crippen molar-refractivity contribution in [3.05, 3.63) is 30.3 Å². The highest BCUT2D eigenvalue weighted by Crippen LogP contribution is 2.16. The second kappa shape index (κ2) is 6.82. The first-order chi connectivity index (χ1) is 8.38. The minimum atomic E-state index is -4.94. The maximum Gasteiger partial charge on any atom is 0.205 e. The summed E-state index contributed by atoms with van der Waals surface area (Å²) in [5.74, 6) is 0. The summed E-state index contributed by atoms with van der Waals surface area (Å²) in [6.07, 6.45) is 3.94. The molecule has 0 N–H and O–H groups in total. The van der Waals surface area contributed by atoms with Gasteiger partial charge in [-0.1, -0.05) is 18.2 Å². The second-order valence-corrected chi connectivity index (χ2v) is 4.81. The standard InChI is InChI=1S/C12H16N.ClHO4/c1-11-7-5-6-10-13(11)12-8-3-2-4-9-12;2-1(3,4)5/h2-4,8-9H,5-7,10H2,1H3;(H,2,3,4,5)/q+1;/p-1. The Labute approximate surface area is 108 Å². The maximum atomic E-state index is 8.49. The molecule has 0 saturated carbocycles. The van der Waals surface area contributed by atoms with Crippen molar-refractivity contribution in [2.45, 2.75) is 26.2 Å². The zero-order valence-corrected chi connectivity index (χ0v) is 10.9. The average Bonchev–Trinajstić information content (AvgIpc) is 2.29. The lowest BCUT2D eigenvalue weighted by Gasteiger charge is -2.17. The molecule has 1 aromatic carbocycles. The van der Waals surface area contributed by atoms with Crippen LogP contribution in [0.1, 0.15) is 26.2 Å². The van der Waals surface area contributed by atoms with E-state index >= 15 is 0 Å². The van der Waals surface area contributed by atoms with Crippen molar-refractivity contribution >= 4 is 11.4 Å². The van der Waals surface area contributed by atoms with E-state index in [9.17, 15) is 0 Å². The highest BCUT2D eigenvalue weighted by Gasteiger charge is 2.17. The predicted octanol–water partition coefficient (Wildman–Crippen LogP) is -1.78. The maximum absolute atomic E-state index is 8.49. The first-order valence-electron chi connectivity index (χ1n) is 5.64. The van der Waals surface area contributed by atoms with E-state index in [4.69, 9.17) is 18.6 Å². The molecule has 0 atom stereocenters. The van der Waals surface area contributed by atoms with E-state index in [1.165, 1.54) is 37.2 Å². The van der Waals surface area contributed by atoms with Gasteiger partial charge in [0.1, 0.15) is 6.54 Å². The van der Waals surface area contributed by atoms with Crippen LogP contribution in [0, 0.1) is 10.2 Å². The van der Waals surface area contributed by atoms with Crippen LogP contribution in [0.25, 0.3) is 0 Å². The molecule has 0 fully saturated rings. The number of nitrogens with zero attached hydrogens (tertiary/aromatic N) is 1. The molecule has 1 aromatic rings. The van der Waals surface area contributed by atoms with Crippen molar-refractivity contribution in [3.8, 4) is 0 Å². The quantitative estimate of drug-likeness (QED) is 0.565. The Kier molecular flexibility index (Phi) is 5.71. The lowest BCUT2D eigenvalue weighted by molar-refractivity contribution is -2.00. The highest BCUT2D eigenvalue weighted by atomic mass is 35.7. The van der Waals surface area contributed by atoms with Gasteiger partial charge >= 0.3 is 0 Å². The molecule has 0 aromatic heterocycles. The largest absolute Gasteiger partial charge is 0.222 e. The molecule has 0 bridgehead atoms. The van der Waals surface area contributed by atoms with Crippen LogP contribution >= 0.6 is 0 Å². The number of halogens is 1. The summed E-state index contributed by atoms with van der Waals surface area (Å²) >= 11 is 0. The molecule has 0 aliphatic carbocycles. The van der Waals surface area contributed by atoms with E-state index in [0.29, 0.717) is 0 Å². The number of hydrogen-bond acceptors (Lipinski definition) is 4. The molecule has 0 spiro atoms. The molecule has 0 radical (unpaired) electrons. The van der Waals surface area contributed by atoms with E-state index in [1.54, 1.807) is 0 Å². The lowest BCUT2D eigenvalue weighted by atomic mass is 10.1. The summed E-state index contributed by atoms with van der Waals surface area (Å²) in [6, 6.07) is 10.7. The third-order valence-electron chi connectivity index (χ3n) is 2.70. The average molecular weight is 274 g/mol. The third-order valence-corrected chi connectivity index (χ3v) is 2.70. The molecule has 100 valence electrons. The first-order valence-corrected chi connectivity index (χ1v) is 6.88. The smallest absolute Gasteiger partial charge is 0.205 e. The Balaban J connectivity index is 0.000000280. The molecule has 6 heteroatoms. The van der Waals surface area contributed by atoms with Gasteiger partial charge in [0.25, 0.3) is 0 Å². The van der Waals surface area contributed by atoms with Crippen LogP contribution in [-0.2, 0) is 0 Å². The van der Waals surface area contributed by atoms with Crippen LogP contribution in [-0.4, -0.2) is 16.8 Å². The summed E-state index contributed by atoms with van der Waals surface area (Å²) in [7, 11) is -4.94. The highest BCUT2D eigenvalue weighted by molar-refractivity contribution is 5.78. The third kappa shape index (κ3) is 6.09. The van der Waals surface area contributed by atoms with Gasteiger partial charge in [-0.15, -0.1) is 10.2 Å². The van der Waals surface area contributed by atoms with Crippen molar-refractivity contribution in [1.29, 1.82) is 0 Å². The van der Waals surface area contributed by atoms with Crippen molar-refractivity contribution in [1.82, 2.24) is 0 Å². The van der Waals surface area contributed by atoms with Crippen molar-refractivity contribution in [3.63, 3.8) is 0 Å². The summed E-state index contributed by atoms with van der Waals surface area (Å²) in [5.41, 5.74) is 2.86. The van der Waals surface area contributed by atoms with Gasteiger partial charge in [0.05, 0.1) is 0 Å². The fourth-order valence-electron chi connectivity index (χ4n) is 1.93. The van der Waals surface area contributed by atoms with Crippen LogP contribution in [0.4, 0.5) is 5.69 Å². The van der Waals surface area contributed by atoms with Crippen molar-refractivity contribution in [2.24, 2.45) is 0 Å². The fourth-order valence-corrected chi connectivity index (χ4v) is 1.93. The molecule has 5 nitrogen and oxygen atoms in total. The van der Waals surface area contributed by atoms with Crippen LogP contribution in [0.2, 0.25) is 0 Å². The molecule has 0 unspecified atom stereocenters. The fraction of sp³-hybridized carbons (Fsp3) is 0.417. The second-order valence-electron chi connectivity index (χ2n) is 4.06. The van der Waals surface area contributed by atoms with Crippen molar-refractivity contribution < 1.29 is 33.5 Å². The lowest BCUT2D eigenvalue weighted by Crippen LogP contribution is -2.68. The van der Waals surface area contributed by atoms with E-state index in [0.717, 1.165) is 0 Å². The van der Waals surface area contributed by atoms with Crippen LogP contribution < -0.4 is 18.6 Å². The first kappa shape index (κ1) is 15.1. The number of hydrogen-bond donors (Lipinski definition) is 0. The molecular weight excluding hydrogens is 258 g/mol. The van der Waals surface area contributed by atoms with Crippen molar-refractivity contribution in [2.75, 3.05) is 6.54 Å². The van der Waals surface area contributed by atoms with Crippen LogP contribution in [0.15, 0.2) is 30.3 Å². The van der Waals surface area contributed by atoms with Gasteiger partial charge in [0.2, 0.25) is 5.69 Å². The Morgan fingerprint density at radius 3 is 2.06 bits per heavy atom. The van der Waals surface area contributed by atoms with Gasteiger partial charge in [-0.3, -0.25) is 0 Å². The molecule has 1 aliphatic heterocycles. The van der Waals surface area contributed by atoms with Gasteiger partial charge in [-0.05, 0) is 6.42 Å². The predicted molar refractivity (Wildman–Crippen MR) is 55.8 cm³/mol. The Bertz CT molecular complexity index is 394. The minimum Gasteiger partial charge on any atom is -0.222 e. The monoisotopic (exact) mass is 273 g/mol. The molecule has 2 rings (SSSR count). The number of rotatable bonds is 1. The molecule has 1 heterocycles. The summed E-state index contributed by atoms with van der Waals surface area (Å²) < 4.78 is 36.4. The van der Waals surface area contributed by atoms with Gasteiger partial charge < -0.3 is 0 Å². The zero-order chi connectivity index (χ0) is 13.6. The van der Waals surface area contributed by atoms with Gasteiger partial charge in [-0.25, -0.2) is 23.2 Å². The summed E-state index contributed by atoms with van der Waals surface area (Å²) in [6.45, 7) is 3.43. The SMILES string of the molecule is CC1=[N+](c2ccccc2)CCCC1.[O-][Cl+3]([O-])([O-])[O-]. The van der Waals surface area contributed by atoms with Gasteiger partial charge in [0.15, 0.2) is 5.71 Å². The summed E-state index contributed by atoms with van der Waals surface area (Å²) in [4.78, 5) is 0. The summed E-state index contributed by atoms with van der Waals surface area (Å²) in [5, 5.41) is 0. The molecule has 18 heavy (non-hydrogen) atoms. The van der Waals surface area contributed by atoms with E-state index in [-0.39, 0.29) is 0 Å². The van der Waals surface area contributed by atoms with Crippen LogP contribution in [0.5, 0.6) is 0 Å². The van der Waals surface area contributed by atoms with E-state index in [2.05, 4.69) is 41.8 Å². The molecule has 0 saturated heterocycles. The molecule has 1 aliphatic rings. The zero-order valence-electron chi connectivity index (χ0n) is 10.2. The Morgan fingerprint density at radius 1 is 1.00 bits per heavy atom. The van der Waals surface area contributed by atoms with Gasteiger partial charge in [0, 0.05) is 31.9 Å². The van der Waals surface area contributed by atoms with E-state index < -0.39 is 10.2 Å². The van der Waals surface area contributed by atoms with Crippen LogP contribution in [0.3, 0.4) is 0 Å². The normalized spacial score (nSPS) is 16.1. The number of para-hydroxylation sites is 1. The molecule has 0 amide bonds. The Hall–Kier alpha value is -0.980. The number of benzene rings is 1. The minimum absolute atomic E-state index is 1.19. The van der Waals surface area contributed by atoms with E-state index in [1.807, 2.05) is 0 Å².